The molecule has 1 N–H and O–H groups in total. The molecule has 0 amide bonds. The Labute approximate surface area is 141 Å². The summed E-state index contributed by atoms with van der Waals surface area (Å²) in [6.07, 6.45) is 1.77. The van der Waals surface area contributed by atoms with Gasteiger partial charge in [-0.1, -0.05) is 59.9 Å². The molecule has 0 spiro atoms. The lowest BCUT2D eigenvalue weighted by Gasteiger charge is -2.19. The van der Waals surface area contributed by atoms with E-state index < -0.39 is 0 Å². The Morgan fingerprint density at radius 3 is 2.38 bits per heavy atom. The Hall–Kier alpha value is -0.730. The van der Waals surface area contributed by atoms with E-state index >= 15 is 0 Å². The maximum absolute atomic E-state index is 6.27. The zero-order valence-electron chi connectivity index (χ0n) is 11.9. The molecule has 0 aliphatic carbocycles. The lowest BCUT2D eigenvalue weighted by atomic mass is 9.99. The number of halogens is 3. The predicted molar refractivity (Wildman–Crippen MR) is 92.8 cm³/mol. The van der Waals surface area contributed by atoms with Crippen molar-refractivity contribution in [1.82, 2.24) is 5.32 Å². The normalized spacial score (nSPS) is 12.4. The molecule has 0 aliphatic rings. The maximum Gasteiger partial charge on any atom is 0.0453 e. The third kappa shape index (κ3) is 5.19. The molecule has 0 radical (unpaired) electrons. The summed E-state index contributed by atoms with van der Waals surface area (Å²) in [6.45, 7) is 3.02. The van der Waals surface area contributed by atoms with Crippen molar-refractivity contribution in [3.63, 3.8) is 0 Å². The first-order valence-electron chi connectivity index (χ1n) is 7.00. The minimum absolute atomic E-state index is 0.312. The predicted octanol–water partition coefficient (Wildman–Crippen LogP) is 5.41. The highest BCUT2D eigenvalue weighted by molar-refractivity contribution is 6.35. The summed E-state index contributed by atoms with van der Waals surface area (Å²) >= 11 is 18.3. The van der Waals surface area contributed by atoms with Gasteiger partial charge < -0.3 is 5.32 Å². The van der Waals surface area contributed by atoms with Crippen LogP contribution in [0.4, 0.5) is 0 Å². The lowest BCUT2D eigenvalue weighted by molar-refractivity contribution is 0.521. The van der Waals surface area contributed by atoms with Gasteiger partial charge in [0.05, 0.1) is 0 Å². The molecular formula is C17H18Cl3N. The molecule has 1 atom stereocenters. The second-order valence-corrected chi connectivity index (χ2v) is 6.31. The summed E-state index contributed by atoms with van der Waals surface area (Å²) in [5.74, 6) is 0. The molecule has 0 heterocycles. The zero-order valence-corrected chi connectivity index (χ0v) is 14.1. The Morgan fingerprint density at radius 1 is 0.952 bits per heavy atom. The highest BCUT2D eigenvalue weighted by Gasteiger charge is 2.12. The fourth-order valence-corrected chi connectivity index (χ4v) is 3.10. The first-order valence-corrected chi connectivity index (χ1v) is 8.13. The first-order chi connectivity index (χ1) is 10.1. The average molecular weight is 343 g/mol. The van der Waals surface area contributed by atoms with Gasteiger partial charge in [-0.15, -0.1) is 0 Å². The third-order valence-electron chi connectivity index (χ3n) is 3.35. The average Bonchev–Trinajstić information content (AvgIpc) is 2.42. The van der Waals surface area contributed by atoms with Crippen LogP contribution in [0.15, 0.2) is 42.5 Å². The Morgan fingerprint density at radius 2 is 1.71 bits per heavy atom. The summed E-state index contributed by atoms with van der Waals surface area (Å²) < 4.78 is 0. The van der Waals surface area contributed by atoms with Crippen molar-refractivity contribution in [3.05, 3.63) is 68.7 Å². The van der Waals surface area contributed by atoms with E-state index in [0.717, 1.165) is 35.0 Å². The molecule has 0 aliphatic heterocycles. The van der Waals surface area contributed by atoms with Crippen LogP contribution in [0, 0.1) is 0 Å². The van der Waals surface area contributed by atoms with E-state index in [2.05, 4.69) is 18.3 Å². The molecular weight excluding hydrogens is 325 g/mol. The smallest absolute Gasteiger partial charge is 0.0453 e. The summed E-state index contributed by atoms with van der Waals surface area (Å²) in [5.41, 5.74) is 2.33. The van der Waals surface area contributed by atoms with Crippen LogP contribution in [-0.4, -0.2) is 12.6 Å². The molecule has 4 heteroatoms. The van der Waals surface area contributed by atoms with E-state index in [1.165, 1.54) is 5.56 Å². The highest BCUT2D eigenvalue weighted by atomic mass is 35.5. The minimum Gasteiger partial charge on any atom is -0.314 e. The summed E-state index contributed by atoms with van der Waals surface area (Å²) in [6, 6.07) is 14.0. The molecule has 1 nitrogen and oxygen atoms in total. The molecule has 0 saturated carbocycles. The van der Waals surface area contributed by atoms with Crippen LogP contribution in [0.5, 0.6) is 0 Å². The van der Waals surface area contributed by atoms with E-state index in [-0.39, 0.29) is 0 Å². The van der Waals surface area contributed by atoms with Crippen molar-refractivity contribution in [2.24, 2.45) is 0 Å². The largest absolute Gasteiger partial charge is 0.314 e. The van der Waals surface area contributed by atoms with Crippen molar-refractivity contribution in [2.75, 3.05) is 6.54 Å². The van der Waals surface area contributed by atoms with Gasteiger partial charge in [0.1, 0.15) is 0 Å². The molecule has 1 unspecified atom stereocenters. The number of hydrogen-bond acceptors (Lipinski definition) is 1. The molecule has 0 bridgehead atoms. The van der Waals surface area contributed by atoms with E-state index in [0.29, 0.717) is 11.1 Å². The van der Waals surface area contributed by atoms with Crippen molar-refractivity contribution in [2.45, 2.75) is 25.8 Å². The van der Waals surface area contributed by atoms with Gasteiger partial charge in [0, 0.05) is 21.1 Å². The Bertz CT molecular complexity index is 598. The molecule has 0 fully saturated rings. The summed E-state index contributed by atoms with van der Waals surface area (Å²) in [4.78, 5) is 0. The van der Waals surface area contributed by atoms with Crippen LogP contribution >= 0.6 is 34.8 Å². The van der Waals surface area contributed by atoms with Gasteiger partial charge >= 0.3 is 0 Å². The molecule has 2 aromatic carbocycles. The lowest BCUT2D eigenvalue weighted by Crippen LogP contribution is -2.33. The van der Waals surface area contributed by atoms with E-state index in [1.54, 1.807) is 6.07 Å². The third-order valence-corrected chi connectivity index (χ3v) is 4.17. The minimum atomic E-state index is 0.312. The number of likely N-dealkylation sites (N-methyl/N-ethyl adjacent to an activating group) is 1. The number of benzene rings is 2. The van der Waals surface area contributed by atoms with E-state index in [4.69, 9.17) is 34.8 Å². The molecule has 112 valence electrons. The SMILES string of the molecule is CCNC(Cc1cccc(Cl)c1)Cc1ccc(Cl)cc1Cl. The number of rotatable bonds is 6. The van der Waals surface area contributed by atoms with Crippen molar-refractivity contribution >= 4 is 34.8 Å². The Balaban J connectivity index is 2.11. The maximum atomic E-state index is 6.27. The quantitative estimate of drug-likeness (QED) is 0.740. The van der Waals surface area contributed by atoms with Gasteiger partial charge in [0.25, 0.3) is 0 Å². The van der Waals surface area contributed by atoms with Gasteiger partial charge in [0.2, 0.25) is 0 Å². The second kappa shape index (κ2) is 8.05. The van der Waals surface area contributed by atoms with Crippen LogP contribution in [0.1, 0.15) is 18.1 Å². The summed E-state index contributed by atoms with van der Waals surface area (Å²) in [5, 5.41) is 5.66. The topological polar surface area (TPSA) is 12.0 Å². The van der Waals surface area contributed by atoms with Gasteiger partial charge in [0.15, 0.2) is 0 Å². The van der Waals surface area contributed by atoms with E-state index in [9.17, 15) is 0 Å². The van der Waals surface area contributed by atoms with Crippen molar-refractivity contribution in [3.8, 4) is 0 Å². The molecule has 0 saturated heterocycles. The zero-order chi connectivity index (χ0) is 15.2. The standard InChI is InChI=1S/C17H18Cl3N/c1-2-21-16(9-12-4-3-5-14(18)8-12)10-13-6-7-15(19)11-17(13)20/h3-8,11,16,21H,2,9-10H2,1H3. The molecule has 2 rings (SSSR count). The van der Waals surface area contributed by atoms with E-state index in [1.807, 2.05) is 30.3 Å². The summed E-state index contributed by atoms with van der Waals surface area (Å²) in [7, 11) is 0. The van der Waals surface area contributed by atoms with Crippen LogP contribution in [0.25, 0.3) is 0 Å². The first kappa shape index (κ1) is 16.6. The molecule has 2 aromatic rings. The molecule has 21 heavy (non-hydrogen) atoms. The van der Waals surface area contributed by atoms with Gasteiger partial charge in [-0.2, -0.15) is 0 Å². The van der Waals surface area contributed by atoms with Crippen LogP contribution in [-0.2, 0) is 12.8 Å². The number of nitrogens with one attached hydrogen (secondary N) is 1. The van der Waals surface area contributed by atoms with Crippen LogP contribution in [0.3, 0.4) is 0 Å². The fourth-order valence-electron chi connectivity index (χ4n) is 2.41. The Kier molecular flexibility index (Phi) is 6.38. The molecule has 0 aromatic heterocycles. The number of hydrogen-bond donors (Lipinski definition) is 1. The highest BCUT2D eigenvalue weighted by Crippen LogP contribution is 2.23. The van der Waals surface area contributed by atoms with Crippen LogP contribution in [0.2, 0.25) is 15.1 Å². The monoisotopic (exact) mass is 341 g/mol. The van der Waals surface area contributed by atoms with Crippen LogP contribution < -0.4 is 5.32 Å². The van der Waals surface area contributed by atoms with Crippen molar-refractivity contribution < 1.29 is 0 Å². The van der Waals surface area contributed by atoms with Gasteiger partial charge in [-0.3, -0.25) is 0 Å². The second-order valence-electron chi connectivity index (χ2n) is 5.03. The van der Waals surface area contributed by atoms with Crippen molar-refractivity contribution in [1.29, 1.82) is 0 Å². The fraction of sp³-hybridized carbons (Fsp3) is 0.294. The van der Waals surface area contributed by atoms with Gasteiger partial charge in [-0.25, -0.2) is 0 Å². The van der Waals surface area contributed by atoms with Gasteiger partial charge in [-0.05, 0) is 54.8 Å².